The zero-order valence-electron chi connectivity index (χ0n) is 18.3. The normalized spacial score (nSPS) is 11.3. The lowest BCUT2D eigenvalue weighted by Gasteiger charge is -2.00. The molecule has 5 rings (SSSR count). The SMILES string of the molecule is Cc1cc(C)cc(-c2nc3cc(NC(=O)/C=C/c4ccc(-c5ccccc5)o4)ccc3o2)c1. The maximum Gasteiger partial charge on any atom is 0.248 e. The molecule has 5 heteroatoms. The van der Waals surface area contributed by atoms with Gasteiger partial charge in [-0.2, -0.15) is 0 Å². The maximum atomic E-state index is 12.4. The van der Waals surface area contributed by atoms with E-state index in [-0.39, 0.29) is 5.91 Å². The summed E-state index contributed by atoms with van der Waals surface area (Å²) in [5.41, 5.74) is 6.22. The van der Waals surface area contributed by atoms with E-state index >= 15 is 0 Å². The molecule has 1 amide bonds. The Bertz CT molecular complexity index is 1460. The van der Waals surface area contributed by atoms with E-state index in [4.69, 9.17) is 8.83 Å². The summed E-state index contributed by atoms with van der Waals surface area (Å²) in [6.07, 6.45) is 3.09. The molecule has 0 atom stereocenters. The Labute approximate surface area is 191 Å². The molecule has 0 spiro atoms. The van der Waals surface area contributed by atoms with Gasteiger partial charge in [0, 0.05) is 22.9 Å². The lowest BCUT2D eigenvalue weighted by atomic mass is 10.1. The average molecular weight is 434 g/mol. The fourth-order valence-electron chi connectivity index (χ4n) is 3.77. The molecule has 2 aromatic heterocycles. The number of oxazole rings is 1. The standard InChI is InChI=1S/C28H22N2O3/c1-18-14-19(2)16-21(15-18)28-30-24-17-22(8-11-26(24)33-28)29-27(31)13-10-23-9-12-25(32-23)20-6-4-3-5-7-20/h3-17H,1-2H3,(H,29,31)/b13-10+. The van der Waals surface area contributed by atoms with E-state index in [0.29, 0.717) is 28.4 Å². The molecule has 0 radical (unpaired) electrons. The number of carbonyl (C=O) groups is 1. The second kappa shape index (κ2) is 8.63. The molecule has 5 nitrogen and oxygen atoms in total. The number of rotatable bonds is 5. The van der Waals surface area contributed by atoms with Crippen LogP contribution in [0.2, 0.25) is 0 Å². The van der Waals surface area contributed by atoms with E-state index in [2.05, 4.69) is 16.4 Å². The van der Waals surface area contributed by atoms with Crippen LogP contribution in [-0.4, -0.2) is 10.9 Å². The van der Waals surface area contributed by atoms with Gasteiger partial charge in [0.15, 0.2) is 5.58 Å². The van der Waals surface area contributed by atoms with Crippen LogP contribution in [0.15, 0.2) is 93.8 Å². The summed E-state index contributed by atoms with van der Waals surface area (Å²) in [4.78, 5) is 17.0. The lowest BCUT2D eigenvalue weighted by Crippen LogP contribution is -2.07. The van der Waals surface area contributed by atoms with Gasteiger partial charge >= 0.3 is 0 Å². The Morgan fingerprint density at radius 2 is 1.64 bits per heavy atom. The highest BCUT2D eigenvalue weighted by atomic mass is 16.3. The first kappa shape index (κ1) is 20.5. The molecule has 0 fully saturated rings. The van der Waals surface area contributed by atoms with E-state index in [1.165, 1.54) is 6.08 Å². The van der Waals surface area contributed by atoms with Gasteiger partial charge in [-0.1, -0.05) is 47.5 Å². The number of amides is 1. The second-order valence-corrected chi connectivity index (χ2v) is 7.97. The van der Waals surface area contributed by atoms with Gasteiger partial charge in [0.05, 0.1) is 0 Å². The first-order valence-electron chi connectivity index (χ1n) is 10.7. The topological polar surface area (TPSA) is 68.3 Å². The molecule has 0 saturated carbocycles. The van der Waals surface area contributed by atoms with Crippen LogP contribution in [0.5, 0.6) is 0 Å². The fourth-order valence-corrected chi connectivity index (χ4v) is 3.77. The van der Waals surface area contributed by atoms with Crippen molar-refractivity contribution in [3.63, 3.8) is 0 Å². The first-order chi connectivity index (χ1) is 16.0. The van der Waals surface area contributed by atoms with Crippen molar-refractivity contribution < 1.29 is 13.6 Å². The largest absolute Gasteiger partial charge is 0.457 e. The molecule has 2 heterocycles. The van der Waals surface area contributed by atoms with Crippen molar-refractivity contribution in [2.24, 2.45) is 0 Å². The minimum absolute atomic E-state index is 0.259. The van der Waals surface area contributed by atoms with E-state index < -0.39 is 0 Å². The van der Waals surface area contributed by atoms with Gasteiger partial charge in [-0.15, -0.1) is 0 Å². The number of anilines is 1. The van der Waals surface area contributed by atoms with E-state index in [1.807, 2.05) is 74.5 Å². The Morgan fingerprint density at radius 3 is 2.42 bits per heavy atom. The van der Waals surface area contributed by atoms with Crippen molar-refractivity contribution in [2.75, 3.05) is 5.32 Å². The van der Waals surface area contributed by atoms with Crippen LogP contribution in [0.25, 0.3) is 40.0 Å². The molecule has 3 aromatic carbocycles. The molecule has 0 aliphatic rings. The molecule has 162 valence electrons. The van der Waals surface area contributed by atoms with Crippen molar-refractivity contribution in [3.8, 4) is 22.8 Å². The molecule has 0 saturated heterocycles. The monoisotopic (exact) mass is 434 g/mol. The summed E-state index contributed by atoms with van der Waals surface area (Å²) in [6.45, 7) is 4.09. The van der Waals surface area contributed by atoms with E-state index in [1.54, 1.807) is 18.2 Å². The van der Waals surface area contributed by atoms with E-state index in [0.717, 1.165) is 28.0 Å². The predicted molar refractivity (Wildman–Crippen MR) is 131 cm³/mol. The van der Waals surface area contributed by atoms with Crippen LogP contribution in [0, 0.1) is 13.8 Å². The Morgan fingerprint density at radius 1 is 0.848 bits per heavy atom. The number of benzene rings is 3. The Kier molecular flexibility index (Phi) is 5.37. The highest BCUT2D eigenvalue weighted by Crippen LogP contribution is 2.28. The average Bonchev–Trinajstić information content (AvgIpc) is 3.45. The second-order valence-electron chi connectivity index (χ2n) is 7.97. The number of carbonyl (C=O) groups excluding carboxylic acids is 1. The van der Waals surface area contributed by atoms with Gasteiger partial charge in [0.1, 0.15) is 17.0 Å². The number of hydrogen-bond donors (Lipinski definition) is 1. The van der Waals surface area contributed by atoms with Crippen molar-refractivity contribution >= 4 is 28.8 Å². The molecule has 0 unspecified atom stereocenters. The summed E-state index contributed by atoms with van der Waals surface area (Å²) >= 11 is 0. The summed E-state index contributed by atoms with van der Waals surface area (Å²) in [5, 5.41) is 2.86. The number of furan rings is 1. The third-order valence-electron chi connectivity index (χ3n) is 5.21. The smallest absolute Gasteiger partial charge is 0.248 e. The Hall–Kier alpha value is -4.38. The highest BCUT2D eigenvalue weighted by Gasteiger charge is 2.10. The number of nitrogens with zero attached hydrogens (tertiary/aromatic N) is 1. The van der Waals surface area contributed by atoms with Crippen molar-refractivity contribution in [1.29, 1.82) is 0 Å². The number of fused-ring (bicyclic) bond motifs is 1. The minimum Gasteiger partial charge on any atom is -0.457 e. The van der Waals surface area contributed by atoms with Crippen molar-refractivity contribution in [1.82, 2.24) is 4.98 Å². The molecule has 0 bridgehead atoms. The maximum absolute atomic E-state index is 12.4. The van der Waals surface area contributed by atoms with Crippen LogP contribution < -0.4 is 5.32 Å². The van der Waals surface area contributed by atoms with Gasteiger partial charge in [0.2, 0.25) is 11.8 Å². The molecule has 5 aromatic rings. The summed E-state index contributed by atoms with van der Waals surface area (Å²) < 4.78 is 11.7. The zero-order valence-corrected chi connectivity index (χ0v) is 18.3. The number of hydrogen-bond acceptors (Lipinski definition) is 4. The highest BCUT2D eigenvalue weighted by molar-refractivity contribution is 6.02. The number of aryl methyl sites for hydroxylation is 2. The third-order valence-corrected chi connectivity index (χ3v) is 5.21. The van der Waals surface area contributed by atoms with Crippen LogP contribution in [-0.2, 0) is 4.79 Å². The van der Waals surface area contributed by atoms with Crippen LogP contribution in [0.1, 0.15) is 16.9 Å². The predicted octanol–water partition coefficient (Wildman–Crippen LogP) is 7.02. The molecule has 1 N–H and O–H groups in total. The third kappa shape index (κ3) is 4.62. The lowest BCUT2D eigenvalue weighted by molar-refractivity contribution is -0.111. The molecule has 0 aliphatic heterocycles. The fraction of sp³-hybridized carbons (Fsp3) is 0.0714. The van der Waals surface area contributed by atoms with Gasteiger partial charge < -0.3 is 14.2 Å². The van der Waals surface area contributed by atoms with E-state index in [9.17, 15) is 4.79 Å². The summed E-state index contributed by atoms with van der Waals surface area (Å²) in [7, 11) is 0. The van der Waals surface area contributed by atoms with Gasteiger partial charge in [-0.05, 0) is 62.4 Å². The molecule has 0 aliphatic carbocycles. The van der Waals surface area contributed by atoms with Crippen LogP contribution >= 0.6 is 0 Å². The first-order valence-corrected chi connectivity index (χ1v) is 10.7. The summed E-state index contributed by atoms with van der Waals surface area (Å²) in [6, 6.07) is 25.2. The number of aromatic nitrogens is 1. The quantitative estimate of drug-likeness (QED) is 0.302. The number of nitrogens with one attached hydrogen (secondary N) is 1. The van der Waals surface area contributed by atoms with Crippen LogP contribution in [0.4, 0.5) is 5.69 Å². The van der Waals surface area contributed by atoms with Gasteiger partial charge in [0.25, 0.3) is 0 Å². The summed E-state index contributed by atoms with van der Waals surface area (Å²) in [5.74, 6) is 1.66. The van der Waals surface area contributed by atoms with Crippen molar-refractivity contribution in [2.45, 2.75) is 13.8 Å². The molecule has 33 heavy (non-hydrogen) atoms. The van der Waals surface area contributed by atoms with Gasteiger partial charge in [-0.25, -0.2) is 4.98 Å². The van der Waals surface area contributed by atoms with Gasteiger partial charge in [-0.3, -0.25) is 4.79 Å². The van der Waals surface area contributed by atoms with Crippen molar-refractivity contribution in [3.05, 3.63) is 102 Å². The van der Waals surface area contributed by atoms with Crippen LogP contribution in [0.3, 0.4) is 0 Å². The molecular weight excluding hydrogens is 412 g/mol. The molecular formula is C28H22N2O3. The Balaban J connectivity index is 1.30. The minimum atomic E-state index is -0.259. The zero-order chi connectivity index (χ0) is 22.8.